The summed E-state index contributed by atoms with van der Waals surface area (Å²) in [6.45, 7) is 1.86. The summed E-state index contributed by atoms with van der Waals surface area (Å²) in [4.78, 5) is 6.60. The van der Waals surface area contributed by atoms with E-state index < -0.39 is 0 Å². The quantitative estimate of drug-likeness (QED) is 0.908. The fourth-order valence-electron chi connectivity index (χ4n) is 2.44. The first-order chi connectivity index (χ1) is 10.7. The van der Waals surface area contributed by atoms with E-state index in [9.17, 15) is 0 Å². The van der Waals surface area contributed by atoms with E-state index in [0.29, 0.717) is 5.82 Å². The Morgan fingerprint density at radius 2 is 1.86 bits per heavy atom. The molecule has 0 radical (unpaired) electrons. The maximum atomic E-state index is 5.73. The van der Waals surface area contributed by atoms with E-state index in [-0.39, 0.29) is 0 Å². The van der Waals surface area contributed by atoms with Crippen LogP contribution in [0.5, 0.6) is 0 Å². The Hall–Kier alpha value is -2.75. The van der Waals surface area contributed by atoms with Gasteiger partial charge in [-0.3, -0.25) is 0 Å². The summed E-state index contributed by atoms with van der Waals surface area (Å²) >= 11 is 0. The standard InChI is InChI=1S/C18H20N4/c19-16-9-12-22(13-10-16)11-8-14-4-6-15(7-5-14)17-2-1-3-18(20)21-17/h1-7,9-10,12H,8,11,13,19H2,(H2,20,21). The van der Waals surface area contributed by atoms with Crippen molar-refractivity contribution >= 4 is 5.82 Å². The average molecular weight is 292 g/mol. The summed E-state index contributed by atoms with van der Waals surface area (Å²) in [5.74, 6) is 0.547. The molecule has 0 saturated carbocycles. The van der Waals surface area contributed by atoms with Gasteiger partial charge in [-0.15, -0.1) is 0 Å². The van der Waals surface area contributed by atoms with Crippen LogP contribution in [0, 0.1) is 0 Å². The van der Waals surface area contributed by atoms with Gasteiger partial charge in [-0.05, 0) is 36.3 Å². The van der Waals surface area contributed by atoms with E-state index >= 15 is 0 Å². The van der Waals surface area contributed by atoms with Crippen molar-refractivity contribution in [2.24, 2.45) is 5.73 Å². The van der Waals surface area contributed by atoms with Crippen LogP contribution in [0.1, 0.15) is 5.56 Å². The van der Waals surface area contributed by atoms with Crippen LogP contribution in [0.2, 0.25) is 0 Å². The maximum Gasteiger partial charge on any atom is 0.124 e. The van der Waals surface area contributed by atoms with Crippen molar-refractivity contribution in [3.63, 3.8) is 0 Å². The number of hydrogen-bond donors (Lipinski definition) is 2. The Balaban J connectivity index is 1.61. The van der Waals surface area contributed by atoms with Gasteiger partial charge in [0.05, 0.1) is 5.69 Å². The van der Waals surface area contributed by atoms with Crippen LogP contribution < -0.4 is 11.5 Å². The van der Waals surface area contributed by atoms with Crippen LogP contribution in [0.25, 0.3) is 11.3 Å². The molecule has 0 saturated heterocycles. The Bertz CT molecular complexity index is 701. The SMILES string of the molecule is NC1=CCN(CCc2ccc(-c3cccc(N)n3)cc2)C=C1. The van der Waals surface area contributed by atoms with Crippen molar-refractivity contribution in [1.82, 2.24) is 9.88 Å². The molecule has 0 bridgehead atoms. The van der Waals surface area contributed by atoms with E-state index in [4.69, 9.17) is 11.5 Å². The molecule has 0 unspecified atom stereocenters. The summed E-state index contributed by atoms with van der Waals surface area (Å²) in [6.07, 6.45) is 7.04. The summed E-state index contributed by atoms with van der Waals surface area (Å²) in [6, 6.07) is 14.2. The number of aromatic nitrogens is 1. The zero-order valence-corrected chi connectivity index (χ0v) is 12.4. The lowest BCUT2D eigenvalue weighted by molar-refractivity contribution is 0.414. The molecule has 4 N–H and O–H groups in total. The molecule has 1 aliphatic rings. The second-order valence-electron chi connectivity index (χ2n) is 5.41. The second-order valence-corrected chi connectivity index (χ2v) is 5.41. The summed E-state index contributed by atoms with van der Waals surface area (Å²) in [7, 11) is 0. The fourth-order valence-corrected chi connectivity index (χ4v) is 2.44. The van der Waals surface area contributed by atoms with Gasteiger partial charge in [-0.2, -0.15) is 0 Å². The van der Waals surface area contributed by atoms with Crippen LogP contribution in [0.3, 0.4) is 0 Å². The number of hydrogen-bond acceptors (Lipinski definition) is 4. The molecule has 3 rings (SSSR count). The topological polar surface area (TPSA) is 68.2 Å². The molecule has 0 atom stereocenters. The third-order valence-corrected chi connectivity index (χ3v) is 3.75. The first-order valence-corrected chi connectivity index (χ1v) is 7.40. The van der Waals surface area contributed by atoms with Crippen molar-refractivity contribution in [1.29, 1.82) is 0 Å². The number of nitrogen functional groups attached to an aromatic ring is 1. The number of nitrogens with zero attached hydrogens (tertiary/aromatic N) is 2. The lowest BCUT2D eigenvalue weighted by Crippen LogP contribution is -2.23. The number of anilines is 1. The van der Waals surface area contributed by atoms with E-state index in [2.05, 4.69) is 40.3 Å². The van der Waals surface area contributed by atoms with E-state index in [0.717, 1.165) is 36.5 Å². The summed E-state index contributed by atoms with van der Waals surface area (Å²) < 4.78 is 0. The molecule has 1 aromatic carbocycles. The Morgan fingerprint density at radius 3 is 2.55 bits per heavy atom. The van der Waals surface area contributed by atoms with Crippen LogP contribution in [-0.2, 0) is 6.42 Å². The number of rotatable bonds is 4. The highest BCUT2D eigenvalue weighted by Gasteiger charge is 2.04. The predicted octanol–water partition coefficient (Wildman–Crippen LogP) is 2.55. The van der Waals surface area contributed by atoms with Crippen molar-refractivity contribution in [3.8, 4) is 11.3 Å². The Labute approximate surface area is 130 Å². The third kappa shape index (κ3) is 3.47. The van der Waals surface area contributed by atoms with Crippen molar-refractivity contribution in [3.05, 3.63) is 72.1 Å². The molecule has 4 nitrogen and oxygen atoms in total. The normalized spacial score (nSPS) is 14.0. The van der Waals surface area contributed by atoms with E-state index in [1.54, 1.807) is 6.07 Å². The molecule has 0 spiro atoms. The number of nitrogens with two attached hydrogens (primary N) is 2. The fraction of sp³-hybridized carbons (Fsp3) is 0.167. The molecule has 2 heterocycles. The minimum absolute atomic E-state index is 0.547. The van der Waals surface area contributed by atoms with Crippen LogP contribution in [0.4, 0.5) is 5.82 Å². The third-order valence-electron chi connectivity index (χ3n) is 3.75. The molecular formula is C18H20N4. The molecule has 4 heteroatoms. The molecule has 2 aromatic rings. The lowest BCUT2D eigenvalue weighted by atomic mass is 10.1. The Morgan fingerprint density at radius 1 is 1.05 bits per heavy atom. The van der Waals surface area contributed by atoms with Crippen molar-refractivity contribution < 1.29 is 0 Å². The smallest absolute Gasteiger partial charge is 0.124 e. The highest BCUT2D eigenvalue weighted by molar-refractivity contribution is 5.61. The monoisotopic (exact) mass is 292 g/mol. The highest BCUT2D eigenvalue weighted by atomic mass is 15.1. The van der Waals surface area contributed by atoms with Gasteiger partial charge < -0.3 is 16.4 Å². The largest absolute Gasteiger partial charge is 0.399 e. The highest BCUT2D eigenvalue weighted by Crippen LogP contribution is 2.19. The lowest BCUT2D eigenvalue weighted by Gasteiger charge is -2.21. The van der Waals surface area contributed by atoms with Gasteiger partial charge in [0.25, 0.3) is 0 Å². The van der Waals surface area contributed by atoms with Gasteiger partial charge in [0, 0.05) is 30.5 Å². The summed E-state index contributed by atoms with van der Waals surface area (Å²) in [5.41, 5.74) is 15.6. The van der Waals surface area contributed by atoms with Crippen LogP contribution in [0.15, 0.2) is 66.5 Å². The molecular weight excluding hydrogens is 272 g/mol. The van der Waals surface area contributed by atoms with Gasteiger partial charge in [0.2, 0.25) is 0 Å². The molecule has 0 aliphatic carbocycles. The molecule has 112 valence electrons. The number of pyridine rings is 1. The maximum absolute atomic E-state index is 5.73. The van der Waals surface area contributed by atoms with Gasteiger partial charge >= 0.3 is 0 Å². The molecule has 0 fully saturated rings. The summed E-state index contributed by atoms with van der Waals surface area (Å²) in [5, 5.41) is 0. The first kappa shape index (κ1) is 14.2. The van der Waals surface area contributed by atoms with Gasteiger partial charge in [0.15, 0.2) is 0 Å². The van der Waals surface area contributed by atoms with Crippen molar-refractivity contribution in [2.45, 2.75) is 6.42 Å². The van der Waals surface area contributed by atoms with Crippen LogP contribution in [-0.4, -0.2) is 23.0 Å². The molecule has 22 heavy (non-hydrogen) atoms. The first-order valence-electron chi connectivity index (χ1n) is 7.40. The molecule has 0 amide bonds. The van der Waals surface area contributed by atoms with Gasteiger partial charge in [0.1, 0.15) is 5.82 Å². The molecule has 1 aromatic heterocycles. The van der Waals surface area contributed by atoms with Gasteiger partial charge in [-0.25, -0.2) is 4.98 Å². The van der Waals surface area contributed by atoms with Crippen LogP contribution >= 0.6 is 0 Å². The van der Waals surface area contributed by atoms with E-state index in [1.807, 2.05) is 24.3 Å². The Kier molecular flexibility index (Phi) is 4.10. The number of allylic oxidation sites excluding steroid dienone is 1. The minimum atomic E-state index is 0.547. The molecule has 1 aliphatic heterocycles. The zero-order chi connectivity index (χ0) is 15.4. The van der Waals surface area contributed by atoms with Crippen molar-refractivity contribution in [2.75, 3.05) is 18.8 Å². The predicted molar refractivity (Wildman–Crippen MR) is 90.8 cm³/mol. The average Bonchev–Trinajstić information content (AvgIpc) is 2.55. The zero-order valence-electron chi connectivity index (χ0n) is 12.4. The second kappa shape index (κ2) is 6.35. The van der Waals surface area contributed by atoms with Gasteiger partial charge in [-0.1, -0.05) is 30.3 Å². The van der Waals surface area contributed by atoms with E-state index in [1.165, 1.54) is 5.56 Å². The minimum Gasteiger partial charge on any atom is -0.399 e. The number of benzene rings is 1.